The fraction of sp³-hybridized carbons (Fsp3) is 0.179. The van der Waals surface area contributed by atoms with Gasteiger partial charge < -0.3 is 10.1 Å². The Morgan fingerprint density at radius 2 is 1.82 bits per heavy atom. The first kappa shape index (κ1) is 21.6. The van der Waals surface area contributed by atoms with Crippen molar-refractivity contribution in [2.24, 2.45) is 0 Å². The van der Waals surface area contributed by atoms with Crippen LogP contribution in [0.2, 0.25) is 0 Å². The van der Waals surface area contributed by atoms with Crippen molar-refractivity contribution < 1.29 is 4.74 Å². The van der Waals surface area contributed by atoms with Gasteiger partial charge >= 0.3 is 0 Å². The van der Waals surface area contributed by atoms with Crippen molar-refractivity contribution in [1.82, 2.24) is 19.7 Å². The second-order valence-corrected chi connectivity index (χ2v) is 8.06. The number of imidazole rings is 1. The number of benzene rings is 3. The lowest BCUT2D eigenvalue weighted by molar-refractivity contribution is 0.151. The predicted octanol–water partition coefficient (Wildman–Crippen LogP) is 5.81. The summed E-state index contributed by atoms with van der Waals surface area (Å²) < 4.78 is 7.63. The van der Waals surface area contributed by atoms with Gasteiger partial charge in [0.25, 0.3) is 0 Å². The first-order chi connectivity index (χ1) is 16.8. The number of nitrogens with zero attached hydrogens (tertiary/aromatic N) is 4. The first-order valence-corrected chi connectivity index (χ1v) is 11.4. The number of anilines is 2. The zero-order valence-corrected chi connectivity index (χ0v) is 19.0. The quantitative estimate of drug-likeness (QED) is 0.240. The Bertz CT molecular complexity index is 1500. The minimum absolute atomic E-state index is 0.242. The van der Waals surface area contributed by atoms with Crippen LogP contribution in [0, 0.1) is 12.3 Å². The van der Waals surface area contributed by atoms with Crippen LogP contribution in [-0.2, 0) is 17.8 Å². The maximum absolute atomic E-state index is 5.48. The highest BCUT2D eigenvalue weighted by molar-refractivity contribution is 5.95. The third kappa shape index (κ3) is 4.21. The molecule has 5 rings (SSSR count). The molecule has 0 saturated carbocycles. The number of terminal acetylenes is 1. The van der Waals surface area contributed by atoms with Crippen LogP contribution >= 0.6 is 0 Å². The van der Waals surface area contributed by atoms with Gasteiger partial charge in [0.15, 0.2) is 5.82 Å². The number of ether oxygens (including phenoxy) is 1. The fourth-order valence-corrected chi connectivity index (χ4v) is 4.21. The number of hydrogen-bond donors (Lipinski definition) is 1. The monoisotopic (exact) mass is 447 g/mol. The minimum atomic E-state index is 0.242. The van der Waals surface area contributed by atoms with Gasteiger partial charge in [-0.3, -0.25) is 4.57 Å². The van der Waals surface area contributed by atoms with Crippen molar-refractivity contribution in [3.05, 3.63) is 84.3 Å². The van der Waals surface area contributed by atoms with Crippen LogP contribution in [0.15, 0.2) is 73.1 Å². The van der Waals surface area contributed by atoms with Crippen molar-refractivity contribution in [2.75, 3.05) is 11.9 Å². The van der Waals surface area contributed by atoms with Gasteiger partial charge in [-0.05, 0) is 36.2 Å². The number of nitrogens with one attached hydrogen (secondary N) is 1. The van der Waals surface area contributed by atoms with Gasteiger partial charge in [-0.15, -0.1) is 11.5 Å². The molecule has 0 aliphatic carbocycles. The molecule has 0 radical (unpaired) electrons. The van der Waals surface area contributed by atoms with Crippen molar-refractivity contribution in [1.29, 1.82) is 0 Å². The van der Waals surface area contributed by atoms with E-state index in [2.05, 4.69) is 68.2 Å². The first-order valence-electron chi connectivity index (χ1n) is 11.4. The molecule has 0 fully saturated rings. The average molecular weight is 448 g/mol. The zero-order valence-electron chi connectivity index (χ0n) is 19.0. The summed E-state index contributed by atoms with van der Waals surface area (Å²) in [7, 11) is 0. The van der Waals surface area contributed by atoms with E-state index in [9.17, 15) is 0 Å². The molecule has 5 aromatic rings. The molecule has 168 valence electrons. The van der Waals surface area contributed by atoms with Crippen molar-refractivity contribution >= 4 is 33.3 Å². The minimum Gasteiger partial charge on any atom is -0.362 e. The fourth-order valence-electron chi connectivity index (χ4n) is 4.21. The Morgan fingerprint density at radius 1 is 1.00 bits per heavy atom. The van der Waals surface area contributed by atoms with E-state index < -0.39 is 0 Å². The second kappa shape index (κ2) is 9.74. The highest BCUT2D eigenvalue weighted by atomic mass is 16.5. The molecule has 0 spiro atoms. The highest BCUT2D eigenvalue weighted by Gasteiger charge is 2.12. The van der Waals surface area contributed by atoms with Crippen LogP contribution in [0.4, 0.5) is 11.5 Å². The van der Waals surface area contributed by atoms with Gasteiger partial charge in [0.05, 0.1) is 29.0 Å². The molecular formula is C28H25N5O. The molecule has 6 nitrogen and oxygen atoms in total. The van der Waals surface area contributed by atoms with E-state index in [1.54, 1.807) is 0 Å². The van der Waals surface area contributed by atoms with Crippen LogP contribution in [0.5, 0.6) is 0 Å². The van der Waals surface area contributed by atoms with Crippen molar-refractivity contribution in [2.45, 2.75) is 26.4 Å². The number of aromatic nitrogens is 4. The normalized spacial score (nSPS) is 11.1. The van der Waals surface area contributed by atoms with Gasteiger partial charge in [0.2, 0.25) is 0 Å². The summed E-state index contributed by atoms with van der Waals surface area (Å²) in [6, 6.07) is 22.7. The number of hydrogen-bond acceptors (Lipinski definition) is 5. The molecule has 0 unspecified atom stereocenters. The maximum atomic E-state index is 5.48. The van der Waals surface area contributed by atoms with E-state index >= 15 is 0 Å². The molecule has 0 atom stereocenters. The molecule has 1 N–H and O–H groups in total. The van der Waals surface area contributed by atoms with Gasteiger partial charge in [-0.2, -0.15) is 5.10 Å². The molecule has 0 aliphatic rings. The van der Waals surface area contributed by atoms with Gasteiger partial charge in [-0.1, -0.05) is 61.7 Å². The molecule has 2 heterocycles. The average Bonchev–Trinajstić information content (AvgIpc) is 3.29. The summed E-state index contributed by atoms with van der Waals surface area (Å²) in [6.07, 6.45) is 9.31. The lowest BCUT2D eigenvalue weighted by Gasteiger charge is -2.12. The Balaban J connectivity index is 1.47. The van der Waals surface area contributed by atoms with Crippen LogP contribution < -0.4 is 5.32 Å². The van der Waals surface area contributed by atoms with E-state index in [-0.39, 0.29) is 6.61 Å². The molecule has 0 bridgehead atoms. The van der Waals surface area contributed by atoms with Crippen LogP contribution in [0.25, 0.3) is 27.5 Å². The van der Waals surface area contributed by atoms with Crippen LogP contribution in [0.1, 0.15) is 24.6 Å². The highest BCUT2D eigenvalue weighted by Crippen LogP contribution is 2.29. The largest absolute Gasteiger partial charge is 0.362 e. The molecular weight excluding hydrogens is 422 g/mol. The van der Waals surface area contributed by atoms with E-state index in [0.29, 0.717) is 12.4 Å². The zero-order chi connectivity index (χ0) is 23.3. The summed E-state index contributed by atoms with van der Waals surface area (Å²) in [5, 5.41) is 14.2. The SMILES string of the molecule is C#CCOCc1nnc(Nc2ccc3c(c2)ncn3-c2ccccc2CCC)c2ccccc12. The van der Waals surface area contributed by atoms with Gasteiger partial charge in [-0.25, -0.2) is 4.98 Å². The smallest absolute Gasteiger partial charge is 0.160 e. The molecule has 34 heavy (non-hydrogen) atoms. The lowest BCUT2D eigenvalue weighted by atomic mass is 10.1. The Labute approximate surface area is 198 Å². The summed E-state index contributed by atoms with van der Waals surface area (Å²) >= 11 is 0. The van der Waals surface area contributed by atoms with Crippen LogP contribution in [-0.4, -0.2) is 26.4 Å². The Morgan fingerprint density at radius 3 is 2.68 bits per heavy atom. The van der Waals surface area contributed by atoms with E-state index in [1.165, 1.54) is 11.3 Å². The molecule has 0 saturated heterocycles. The van der Waals surface area contributed by atoms with E-state index in [0.717, 1.165) is 46.0 Å². The third-order valence-corrected chi connectivity index (χ3v) is 5.77. The Kier molecular flexibility index (Phi) is 6.19. The standard InChI is InChI=1S/C28H25N5O/c1-3-9-20-10-5-8-13-26(20)33-19-29-24-17-21(14-15-27(24)33)30-28-23-12-7-6-11-22(23)25(31-32-28)18-34-16-4-2/h2,5-8,10-15,17,19H,3,9,16,18H2,1H3,(H,30,32). The Hall–Kier alpha value is -4.21. The topological polar surface area (TPSA) is 64.9 Å². The predicted molar refractivity (Wildman–Crippen MR) is 136 cm³/mol. The lowest BCUT2D eigenvalue weighted by Crippen LogP contribution is -2.03. The molecule has 6 heteroatoms. The van der Waals surface area contributed by atoms with Crippen LogP contribution in [0.3, 0.4) is 0 Å². The van der Waals surface area contributed by atoms with E-state index in [4.69, 9.17) is 11.2 Å². The summed E-state index contributed by atoms with van der Waals surface area (Å²) in [5.41, 5.74) is 6.12. The number of rotatable bonds is 8. The number of fused-ring (bicyclic) bond motifs is 2. The molecule has 2 aromatic heterocycles. The molecule has 3 aromatic carbocycles. The van der Waals surface area contributed by atoms with Gasteiger partial charge in [0.1, 0.15) is 12.9 Å². The molecule has 0 aliphatic heterocycles. The number of aryl methyl sites for hydroxylation is 1. The van der Waals surface area contributed by atoms with E-state index in [1.807, 2.05) is 42.7 Å². The summed E-state index contributed by atoms with van der Waals surface area (Å²) in [6.45, 7) is 2.76. The summed E-state index contributed by atoms with van der Waals surface area (Å²) in [5.74, 6) is 3.16. The van der Waals surface area contributed by atoms with Crippen molar-refractivity contribution in [3.8, 4) is 18.0 Å². The number of para-hydroxylation sites is 1. The third-order valence-electron chi connectivity index (χ3n) is 5.77. The van der Waals surface area contributed by atoms with Gasteiger partial charge in [0, 0.05) is 16.5 Å². The van der Waals surface area contributed by atoms with Crippen molar-refractivity contribution in [3.63, 3.8) is 0 Å². The molecule has 0 amide bonds. The summed E-state index contributed by atoms with van der Waals surface area (Å²) in [4.78, 5) is 4.67. The maximum Gasteiger partial charge on any atom is 0.160 e. The second-order valence-electron chi connectivity index (χ2n) is 8.06.